The molecule has 0 amide bonds. The summed E-state index contributed by atoms with van der Waals surface area (Å²) in [5, 5.41) is 3.30. The van der Waals surface area contributed by atoms with E-state index in [1.807, 2.05) is 36.3 Å². The predicted molar refractivity (Wildman–Crippen MR) is 84.7 cm³/mol. The largest absolute Gasteiger partial charge is 0.370 e. The van der Waals surface area contributed by atoms with Crippen molar-refractivity contribution in [1.29, 1.82) is 0 Å². The molecule has 0 aliphatic carbocycles. The molecule has 1 N–H and O–H groups in total. The molecule has 1 aromatic heterocycles. The molecular weight excluding hydrogens is 265 g/mol. The van der Waals surface area contributed by atoms with Crippen molar-refractivity contribution in [3.8, 4) is 0 Å². The fourth-order valence-electron chi connectivity index (χ4n) is 2.22. The zero-order chi connectivity index (χ0) is 15.1. The van der Waals surface area contributed by atoms with Crippen molar-refractivity contribution in [3.05, 3.63) is 59.7 Å². The highest BCUT2D eigenvalue weighted by atomic mass is 19.1. The molecule has 0 fully saturated rings. The highest BCUT2D eigenvalue weighted by molar-refractivity contribution is 5.48. The number of benzene rings is 1. The van der Waals surface area contributed by atoms with Crippen LogP contribution in [0.1, 0.15) is 24.5 Å². The third-order valence-corrected chi connectivity index (χ3v) is 3.28. The van der Waals surface area contributed by atoms with Crippen LogP contribution in [0.2, 0.25) is 0 Å². The third kappa shape index (κ3) is 4.83. The van der Waals surface area contributed by atoms with Crippen molar-refractivity contribution >= 4 is 5.69 Å². The lowest BCUT2D eigenvalue weighted by Crippen LogP contribution is -2.18. The molecule has 2 aromatic rings. The quantitative estimate of drug-likeness (QED) is 0.792. The van der Waals surface area contributed by atoms with E-state index >= 15 is 0 Å². The van der Waals surface area contributed by atoms with Gasteiger partial charge in [-0.3, -0.25) is 4.98 Å². The van der Waals surface area contributed by atoms with Crippen LogP contribution in [0, 0.1) is 5.82 Å². The number of halogens is 1. The summed E-state index contributed by atoms with van der Waals surface area (Å²) in [6.07, 6.45) is 4.66. The van der Waals surface area contributed by atoms with Crippen molar-refractivity contribution in [2.24, 2.45) is 0 Å². The second-order valence-electron chi connectivity index (χ2n) is 5.21. The SMILES string of the molecule is CCCNCc1cc(F)cc(N(C)Cc2cccnc2)c1. The minimum atomic E-state index is -0.196. The Balaban J connectivity index is 2.07. The van der Waals surface area contributed by atoms with Crippen molar-refractivity contribution in [2.45, 2.75) is 26.4 Å². The van der Waals surface area contributed by atoms with Gasteiger partial charge in [-0.25, -0.2) is 4.39 Å². The van der Waals surface area contributed by atoms with E-state index in [-0.39, 0.29) is 5.82 Å². The highest BCUT2D eigenvalue weighted by Gasteiger charge is 2.06. The van der Waals surface area contributed by atoms with E-state index in [4.69, 9.17) is 0 Å². The van der Waals surface area contributed by atoms with Crippen LogP contribution in [0.3, 0.4) is 0 Å². The van der Waals surface area contributed by atoms with Crippen LogP contribution >= 0.6 is 0 Å². The summed E-state index contributed by atoms with van der Waals surface area (Å²) in [4.78, 5) is 6.14. The van der Waals surface area contributed by atoms with Gasteiger partial charge in [0, 0.05) is 38.2 Å². The summed E-state index contributed by atoms with van der Waals surface area (Å²) in [7, 11) is 1.96. The van der Waals surface area contributed by atoms with Gasteiger partial charge in [0.05, 0.1) is 0 Å². The van der Waals surface area contributed by atoms with Gasteiger partial charge in [0.25, 0.3) is 0 Å². The van der Waals surface area contributed by atoms with Crippen LogP contribution in [-0.2, 0) is 13.1 Å². The molecule has 112 valence electrons. The number of hydrogen-bond donors (Lipinski definition) is 1. The Hall–Kier alpha value is -1.94. The average Bonchev–Trinajstić information content (AvgIpc) is 2.48. The van der Waals surface area contributed by atoms with E-state index in [0.29, 0.717) is 13.1 Å². The molecule has 0 radical (unpaired) electrons. The number of aromatic nitrogens is 1. The molecule has 2 rings (SSSR count). The second kappa shape index (κ2) is 7.74. The number of pyridine rings is 1. The van der Waals surface area contributed by atoms with Crippen LogP contribution in [0.5, 0.6) is 0 Å². The maximum Gasteiger partial charge on any atom is 0.125 e. The van der Waals surface area contributed by atoms with E-state index in [9.17, 15) is 4.39 Å². The Morgan fingerprint density at radius 1 is 1.24 bits per heavy atom. The smallest absolute Gasteiger partial charge is 0.125 e. The first-order valence-corrected chi connectivity index (χ1v) is 7.29. The molecule has 0 aliphatic heterocycles. The molecule has 0 saturated heterocycles. The molecule has 0 atom stereocenters. The summed E-state index contributed by atoms with van der Waals surface area (Å²) >= 11 is 0. The van der Waals surface area contributed by atoms with Crippen molar-refractivity contribution in [1.82, 2.24) is 10.3 Å². The number of nitrogens with zero attached hydrogens (tertiary/aromatic N) is 2. The predicted octanol–water partition coefficient (Wildman–Crippen LogP) is 3.36. The summed E-state index contributed by atoms with van der Waals surface area (Å²) in [5.74, 6) is -0.196. The lowest BCUT2D eigenvalue weighted by Gasteiger charge is -2.20. The minimum absolute atomic E-state index is 0.196. The molecule has 0 spiro atoms. The maximum atomic E-state index is 13.8. The van der Waals surface area contributed by atoms with Gasteiger partial charge in [0.1, 0.15) is 5.82 Å². The molecule has 0 saturated carbocycles. The lowest BCUT2D eigenvalue weighted by atomic mass is 10.1. The average molecular weight is 287 g/mol. The standard InChI is InChI=1S/C17H22FN3/c1-3-6-19-12-15-8-16(18)10-17(9-15)21(2)13-14-5-4-7-20-11-14/h4-5,7-11,19H,3,6,12-13H2,1-2H3. The van der Waals surface area contributed by atoms with Gasteiger partial charge < -0.3 is 10.2 Å². The number of anilines is 1. The fraction of sp³-hybridized carbons (Fsp3) is 0.353. The molecule has 0 bridgehead atoms. The van der Waals surface area contributed by atoms with Crippen molar-refractivity contribution in [2.75, 3.05) is 18.5 Å². The lowest BCUT2D eigenvalue weighted by molar-refractivity contribution is 0.618. The molecule has 1 aromatic carbocycles. The van der Waals surface area contributed by atoms with Crippen molar-refractivity contribution in [3.63, 3.8) is 0 Å². The van der Waals surface area contributed by atoms with E-state index < -0.39 is 0 Å². The summed E-state index contributed by atoms with van der Waals surface area (Å²) in [6, 6.07) is 9.12. The first-order valence-electron chi connectivity index (χ1n) is 7.29. The Bertz CT molecular complexity index is 557. The maximum absolute atomic E-state index is 13.8. The number of nitrogens with one attached hydrogen (secondary N) is 1. The van der Waals surface area contributed by atoms with E-state index in [1.54, 1.807) is 18.3 Å². The Labute approximate surface area is 125 Å². The summed E-state index contributed by atoms with van der Waals surface area (Å²) in [5.41, 5.74) is 2.96. The normalized spacial score (nSPS) is 10.6. The van der Waals surface area contributed by atoms with Crippen LogP contribution in [0.15, 0.2) is 42.7 Å². The summed E-state index contributed by atoms with van der Waals surface area (Å²) < 4.78 is 13.8. The first kappa shape index (κ1) is 15.4. The Morgan fingerprint density at radius 3 is 2.81 bits per heavy atom. The first-order chi connectivity index (χ1) is 10.2. The molecule has 21 heavy (non-hydrogen) atoms. The van der Waals surface area contributed by atoms with Crippen LogP contribution < -0.4 is 10.2 Å². The van der Waals surface area contributed by atoms with Gasteiger partial charge in [0.15, 0.2) is 0 Å². The fourth-order valence-corrected chi connectivity index (χ4v) is 2.22. The molecule has 0 unspecified atom stereocenters. The van der Waals surface area contributed by atoms with E-state index in [0.717, 1.165) is 29.8 Å². The molecular formula is C17H22FN3. The Kier molecular flexibility index (Phi) is 5.69. The van der Waals surface area contributed by atoms with Crippen molar-refractivity contribution < 1.29 is 4.39 Å². The zero-order valence-electron chi connectivity index (χ0n) is 12.6. The summed E-state index contributed by atoms with van der Waals surface area (Å²) in [6.45, 7) is 4.46. The topological polar surface area (TPSA) is 28.2 Å². The van der Waals surface area contributed by atoms with E-state index in [1.165, 1.54) is 0 Å². The number of rotatable bonds is 7. The van der Waals surface area contributed by atoms with Crippen LogP contribution in [-0.4, -0.2) is 18.6 Å². The molecule has 3 nitrogen and oxygen atoms in total. The highest BCUT2D eigenvalue weighted by Crippen LogP contribution is 2.19. The third-order valence-electron chi connectivity index (χ3n) is 3.28. The van der Waals surface area contributed by atoms with Crippen LogP contribution in [0.25, 0.3) is 0 Å². The van der Waals surface area contributed by atoms with Crippen LogP contribution in [0.4, 0.5) is 10.1 Å². The molecule has 4 heteroatoms. The van der Waals surface area contributed by atoms with Gasteiger partial charge in [-0.1, -0.05) is 13.0 Å². The monoisotopic (exact) mass is 287 g/mol. The van der Waals surface area contributed by atoms with Gasteiger partial charge in [-0.15, -0.1) is 0 Å². The minimum Gasteiger partial charge on any atom is -0.370 e. The number of hydrogen-bond acceptors (Lipinski definition) is 3. The molecule has 0 aliphatic rings. The Morgan fingerprint density at radius 2 is 2.10 bits per heavy atom. The second-order valence-corrected chi connectivity index (χ2v) is 5.21. The van der Waals surface area contributed by atoms with Gasteiger partial charge >= 0.3 is 0 Å². The van der Waals surface area contributed by atoms with Gasteiger partial charge in [-0.2, -0.15) is 0 Å². The molecule has 1 heterocycles. The van der Waals surface area contributed by atoms with Gasteiger partial charge in [-0.05, 0) is 48.4 Å². The zero-order valence-corrected chi connectivity index (χ0v) is 12.6. The van der Waals surface area contributed by atoms with Gasteiger partial charge in [0.2, 0.25) is 0 Å². The van der Waals surface area contributed by atoms with E-state index in [2.05, 4.69) is 17.2 Å².